The number of halogens is 1. The van der Waals surface area contributed by atoms with Crippen molar-refractivity contribution in [3.63, 3.8) is 0 Å². The zero-order chi connectivity index (χ0) is 38.8. The van der Waals surface area contributed by atoms with Gasteiger partial charge >= 0.3 is 5.97 Å². The Hall–Kier alpha value is -5.89. The molecule has 1 saturated carbocycles. The zero-order valence-corrected chi connectivity index (χ0v) is 30.5. The number of hydrogen-bond donors (Lipinski definition) is 6. The lowest BCUT2D eigenvalue weighted by Crippen LogP contribution is -2.71. The summed E-state index contributed by atoms with van der Waals surface area (Å²) in [6.07, 6.45) is 6.10. The number of fused-ring (bicyclic) bond motifs is 1. The molecule has 0 spiro atoms. The standard InChI is InChI=1S/C35H34FN9O8S2/c36-22-13-17(5-6-23(22)46)40-24(47)14-20(16-7-10-38-11-8-16)25(19-9-12-39-30(19)48)21-15-54-33-27(32(50)45(33)28(21)34(51)52)41-31(49)26(29-42-35(37)55-44-29)43-53-18-3-1-2-4-18/h5-8,10-11,13,18,20,27,33,46H,1-4,9,12,14-15H2,(H,39,48)(H,40,47)(H,41,49)(H,51,52)(H2,37,42,44)/t20?,27-,33-/m1/s1. The van der Waals surface area contributed by atoms with Crippen LogP contribution in [0.3, 0.4) is 0 Å². The van der Waals surface area contributed by atoms with Crippen molar-refractivity contribution >= 4 is 69.4 Å². The summed E-state index contributed by atoms with van der Waals surface area (Å²) in [4.78, 5) is 82.4. The lowest BCUT2D eigenvalue weighted by atomic mass is 9.80. The van der Waals surface area contributed by atoms with Crippen LogP contribution in [0.1, 0.15) is 55.8 Å². The number of aliphatic carboxylic acids is 1. The topological polar surface area (TPSA) is 251 Å². The van der Waals surface area contributed by atoms with Gasteiger partial charge in [-0.25, -0.2) is 9.18 Å². The predicted molar refractivity (Wildman–Crippen MR) is 197 cm³/mol. The monoisotopic (exact) mass is 791 g/mol. The molecule has 3 aromatic rings. The number of oxime groups is 1. The highest BCUT2D eigenvalue weighted by atomic mass is 32.2. The number of β-lactam (4-membered cyclic amide) rings is 1. The molecular weight excluding hydrogens is 758 g/mol. The number of carbonyl (C=O) groups excluding carboxylic acids is 4. The summed E-state index contributed by atoms with van der Waals surface area (Å²) in [6.45, 7) is 0.260. The Balaban J connectivity index is 1.21. The van der Waals surface area contributed by atoms with E-state index in [1.807, 2.05) is 0 Å². The zero-order valence-electron chi connectivity index (χ0n) is 28.9. The SMILES string of the molecule is Nc1nc(C(=NOC2CCCC2)C(=O)N[C@@H]2C(=O)N3C(C(=O)O)=C(C(=C4CCNC4=O)C(CC(=O)Nc4ccc(O)c(F)c4)c4ccncc4)CS[C@H]23)ns1. The van der Waals surface area contributed by atoms with E-state index in [0.29, 0.717) is 5.56 Å². The van der Waals surface area contributed by atoms with Crippen molar-refractivity contribution in [2.75, 3.05) is 23.3 Å². The predicted octanol–water partition coefficient (Wildman–Crippen LogP) is 2.39. The van der Waals surface area contributed by atoms with Gasteiger partial charge in [0.15, 0.2) is 16.7 Å². The molecule has 2 aromatic heterocycles. The number of phenolic OH excluding ortho intramolecular Hbond substituents is 1. The number of carbonyl (C=O) groups is 5. The Morgan fingerprint density at radius 3 is 2.58 bits per heavy atom. The van der Waals surface area contributed by atoms with Gasteiger partial charge in [-0.05, 0) is 73.1 Å². The molecule has 4 aliphatic rings. The van der Waals surface area contributed by atoms with Crippen molar-refractivity contribution in [1.82, 2.24) is 29.9 Å². The van der Waals surface area contributed by atoms with E-state index >= 15 is 0 Å². The van der Waals surface area contributed by atoms with Gasteiger partial charge in [0.05, 0.1) is 0 Å². The number of pyridine rings is 1. The summed E-state index contributed by atoms with van der Waals surface area (Å²) >= 11 is 2.02. The molecule has 1 unspecified atom stereocenters. The quantitative estimate of drug-likeness (QED) is 0.0508. The maximum Gasteiger partial charge on any atom is 0.352 e. The van der Waals surface area contributed by atoms with E-state index in [4.69, 9.17) is 10.6 Å². The fourth-order valence-electron chi connectivity index (χ4n) is 7.02. The molecule has 3 fully saturated rings. The van der Waals surface area contributed by atoms with Gasteiger partial charge in [0, 0.05) is 65.9 Å². The average molecular weight is 792 g/mol. The number of aromatic hydroxyl groups is 1. The van der Waals surface area contributed by atoms with Gasteiger partial charge in [0.2, 0.25) is 23.4 Å². The van der Waals surface area contributed by atoms with Gasteiger partial charge in [-0.15, -0.1) is 11.8 Å². The molecule has 7 N–H and O–H groups in total. The molecule has 286 valence electrons. The number of thioether (sulfide) groups is 1. The summed E-state index contributed by atoms with van der Waals surface area (Å²) in [6, 6.07) is 5.45. The van der Waals surface area contributed by atoms with E-state index in [0.717, 1.165) is 54.2 Å². The molecule has 7 rings (SSSR count). The number of phenols is 1. The number of benzene rings is 1. The van der Waals surface area contributed by atoms with Crippen LogP contribution in [0.2, 0.25) is 0 Å². The summed E-state index contributed by atoms with van der Waals surface area (Å²) in [5.74, 6) is -6.62. The largest absolute Gasteiger partial charge is 0.505 e. The van der Waals surface area contributed by atoms with E-state index in [2.05, 4.69) is 35.4 Å². The average Bonchev–Trinajstić information content (AvgIpc) is 3.95. The smallest absolute Gasteiger partial charge is 0.352 e. The van der Waals surface area contributed by atoms with Crippen molar-refractivity contribution in [1.29, 1.82) is 0 Å². The molecule has 0 radical (unpaired) electrons. The Labute approximate surface area is 320 Å². The number of anilines is 2. The second-order valence-corrected chi connectivity index (χ2v) is 14.9. The number of carboxylic acids is 1. The molecule has 0 bridgehead atoms. The fraction of sp³-hybridized carbons (Fsp3) is 0.343. The van der Waals surface area contributed by atoms with Gasteiger partial charge in [0.25, 0.3) is 11.8 Å². The third-order valence-corrected chi connectivity index (χ3v) is 11.4. The van der Waals surface area contributed by atoms with Gasteiger partial charge in [-0.1, -0.05) is 5.16 Å². The number of rotatable bonds is 12. The molecule has 4 amide bonds. The summed E-state index contributed by atoms with van der Waals surface area (Å²) in [7, 11) is 0. The van der Waals surface area contributed by atoms with E-state index < -0.39 is 64.2 Å². The van der Waals surface area contributed by atoms with Gasteiger partial charge in [-0.2, -0.15) is 9.36 Å². The highest BCUT2D eigenvalue weighted by molar-refractivity contribution is 8.00. The second-order valence-electron chi connectivity index (χ2n) is 13.1. The van der Waals surface area contributed by atoms with Gasteiger partial charge < -0.3 is 36.7 Å². The first-order valence-corrected chi connectivity index (χ1v) is 19.1. The van der Waals surface area contributed by atoms with Crippen LogP contribution in [0.4, 0.5) is 15.2 Å². The second kappa shape index (κ2) is 15.8. The molecular formula is C35H34FN9O8S2. The number of allylic oxidation sites excluding steroid dienone is 1. The fourth-order valence-corrected chi connectivity index (χ4v) is 8.82. The maximum absolute atomic E-state index is 14.1. The van der Waals surface area contributed by atoms with Crippen molar-refractivity contribution in [3.05, 3.63) is 82.3 Å². The summed E-state index contributed by atoms with van der Waals surface area (Å²) < 4.78 is 18.2. The highest BCUT2D eigenvalue weighted by Gasteiger charge is 2.55. The first-order chi connectivity index (χ1) is 26.5. The van der Waals surface area contributed by atoms with Crippen molar-refractivity contribution in [2.45, 2.75) is 62.0 Å². The molecule has 5 heterocycles. The van der Waals surface area contributed by atoms with Crippen LogP contribution in [0.15, 0.2) is 70.3 Å². The van der Waals surface area contributed by atoms with Crippen LogP contribution >= 0.6 is 23.3 Å². The molecule has 3 atom stereocenters. The Bertz CT molecular complexity index is 2150. The first kappa shape index (κ1) is 37.4. The van der Waals surface area contributed by atoms with Crippen molar-refractivity contribution in [2.24, 2.45) is 5.16 Å². The molecule has 17 nitrogen and oxygen atoms in total. The molecule has 1 aliphatic carbocycles. The number of nitrogens with one attached hydrogen (secondary N) is 3. The minimum atomic E-state index is -1.46. The minimum absolute atomic E-state index is 0.0170. The lowest BCUT2D eigenvalue weighted by Gasteiger charge is -2.50. The number of amides is 4. The Morgan fingerprint density at radius 1 is 1.16 bits per heavy atom. The van der Waals surface area contributed by atoms with Crippen molar-refractivity contribution < 1.29 is 43.4 Å². The summed E-state index contributed by atoms with van der Waals surface area (Å²) in [5, 5.41) is 31.6. The van der Waals surface area contributed by atoms with E-state index in [1.165, 1.54) is 30.2 Å². The van der Waals surface area contributed by atoms with Crippen LogP contribution in [0.25, 0.3) is 0 Å². The molecule has 20 heteroatoms. The molecule has 3 aliphatic heterocycles. The van der Waals surface area contributed by atoms with E-state index in [1.54, 1.807) is 12.1 Å². The van der Waals surface area contributed by atoms with Crippen LogP contribution in [-0.4, -0.2) is 94.6 Å². The lowest BCUT2D eigenvalue weighted by molar-refractivity contribution is -0.150. The van der Waals surface area contributed by atoms with E-state index in [-0.39, 0.29) is 70.3 Å². The number of carboxylic acid groups (broad SMARTS) is 1. The number of nitrogens with two attached hydrogens (primary N) is 1. The number of nitrogens with zero attached hydrogens (tertiary/aromatic N) is 5. The van der Waals surface area contributed by atoms with Crippen LogP contribution in [0, 0.1) is 5.82 Å². The van der Waals surface area contributed by atoms with Crippen LogP contribution in [0.5, 0.6) is 5.75 Å². The number of aromatic nitrogens is 3. The third kappa shape index (κ3) is 7.72. The minimum Gasteiger partial charge on any atom is -0.505 e. The van der Waals surface area contributed by atoms with Gasteiger partial charge in [0.1, 0.15) is 23.2 Å². The molecule has 55 heavy (non-hydrogen) atoms. The third-order valence-electron chi connectivity index (χ3n) is 9.58. The Morgan fingerprint density at radius 2 is 1.93 bits per heavy atom. The molecule has 1 aromatic carbocycles. The van der Waals surface area contributed by atoms with Gasteiger partial charge in [-0.3, -0.25) is 29.1 Å². The molecule has 2 saturated heterocycles. The van der Waals surface area contributed by atoms with Crippen LogP contribution < -0.4 is 21.7 Å². The maximum atomic E-state index is 14.1. The first-order valence-electron chi connectivity index (χ1n) is 17.3. The van der Waals surface area contributed by atoms with Crippen molar-refractivity contribution in [3.8, 4) is 5.75 Å². The Kier molecular flexibility index (Phi) is 10.8. The summed E-state index contributed by atoms with van der Waals surface area (Å²) in [5.41, 5.74) is 6.32. The number of hydrogen-bond acceptors (Lipinski definition) is 14. The highest BCUT2D eigenvalue weighted by Crippen LogP contribution is 2.47. The van der Waals surface area contributed by atoms with Crippen LogP contribution in [-0.2, 0) is 28.8 Å². The normalized spacial score (nSPS) is 21.4. The number of nitrogen functional groups attached to an aromatic ring is 1. The van der Waals surface area contributed by atoms with E-state index in [9.17, 15) is 38.6 Å².